The molecule has 3 nitrogen and oxygen atoms in total. The van der Waals surface area contributed by atoms with Crippen LogP contribution in [0.15, 0.2) is 18.2 Å². The highest BCUT2D eigenvalue weighted by molar-refractivity contribution is 5.95. The molecule has 17 heavy (non-hydrogen) atoms. The van der Waals surface area contributed by atoms with Crippen LogP contribution in [0.4, 0.5) is 0 Å². The van der Waals surface area contributed by atoms with Crippen molar-refractivity contribution < 1.29 is 4.79 Å². The predicted molar refractivity (Wildman–Crippen MR) is 69.0 cm³/mol. The van der Waals surface area contributed by atoms with Gasteiger partial charge in [-0.2, -0.15) is 0 Å². The Balaban J connectivity index is 2.11. The number of likely N-dealkylation sites (tertiary alicyclic amines) is 1. The molecule has 3 heteroatoms. The number of nitrogens with zero attached hydrogens (tertiary/aromatic N) is 1. The maximum Gasteiger partial charge on any atom is 0.254 e. The van der Waals surface area contributed by atoms with E-state index in [1.165, 1.54) is 0 Å². The van der Waals surface area contributed by atoms with Crippen LogP contribution >= 0.6 is 0 Å². The molecule has 2 N–H and O–H groups in total. The van der Waals surface area contributed by atoms with E-state index in [9.17, 15) is 4.79 Å². The topological polar surface area (TPSA) is 46.3 Å². The molecule has 1 aliphatic heterocycles. The van der Waals surface area contributed by atoms with Crippen molar-refractivity contribution in [3.8, 4) is 0 Å². The van der Waals surface area contributed by atoms with Crippen molar-refractivity contribution in [1.29, 1.82) is 0 Å². The van der Waals surface area contributed by atoms with E-state index in [4.69, 9.17) is 5.73 Å². The zero-order chi connectivity index (χ0) is 12.6. The minimum absolute atomic E-state index is 0.103. The average molecular weight is 232 g/mol. The summed E-state index contributed by atoms with van der Waals surface area (Å²) in [5.74, 6) is 0.103. The predicted octanol–water partition coefficient (Wildman–Crippen LogP) is 1.87. The van der Waals surface area contributed by atoms with Crippen molar-refractivity contribution in [1.82, 2.24) is 4.90 Å². The molecule has 0 saturated carbocycles. The number of hydrogen-bond donors (Lipinski definition) is 1. The van der Waals surface area contributed by atoms with Crippen LogP contribution in [0.1, 0.15) is 34.8 Å². The smallest absolute Gasteiger partial charge is 0.254 e. The van der Waals surface area contributed by atoms with Gasteiger partial charge in [0.05, 0.1) is 5.54 Å². The van der Waals surface area contributed by atoms with E-state index in [-0.39, 0.29) is 11.4 Å². The van der Waals surface area contributed by atoms with Gasteiger partial charge in [0.2, 0.25) is 0 Å². The Kier molecular flexibility index (Phi) is 2.96. The molecule has 1 saturated heterocycles. The molecule has 0 spiro atoms. The molecule has 1 aliphatic rings. The summed E-state index contributed by atoms with van der Waals surface area (Å²) in [4.78, 5) is 14.0. The lowest BCUT2D eigenvalue weighted by molar-refractivity contribution is 0.0401. The third-order valence-electron chi connectivity index (χ3n) is 3.47. The van der Waals surface area contributed by atoms with E-state index in [0.29, 0.717) is 13.1 Å². The summed E-state index contributed by atoms with van der Waals surface area (Å²) in [6.45, 7) is 7.45. The molecule has 0 unspecified atom stereocenters. The van der Waals surface area contributed by atoms with E-state index < -0.39 is 0 Å². The molecular formula is C14H20N2O. The minimum atomic E-state index is -0.158. The Morgan fingerprint density at radius 2 is 1.82 bits per heavy atom. The van der Waals surface area contributed by atoms with Gasteiger partial charge < -0.3 is 10.6 Å². The van der Waals surface area contributed by atoms with Gasteiger partial charge in [-0.05, 0) is 32.4 Å². The Morgan fingerprint density at radius 1 is 1.29 bits per heavy atom. The molecule has 1 heterocycles. The number of aryl methyl sites for hydroxylation is 2. The summed E-state index contributed by atoms with van der Waals surface area (Å²) >= 11 is 0. The van der Waals surface area contributed by atoms with Crippen LogP contribution in [0.3, 0.4) is 0 Å². The van der Waals surface area contributed by atoms with Crippen molar-refractivity contribution in [3.63, 3.8) is 0 Å². The third-order valence-corrected chi connectivity index (χ3v) is 3.47. The fraction of sp³-hybridized carbons (Fsp3) is 0.500. The van der Waals surface area contributed by atoms with Gasteiger partial charge in [0.1, 0.15) is 0 Å². The molecule has 1 aromatic rings. The fourth-order valence-electron chi connectivity index (χ4n) is 2.36. The van der Waals surface area contributed by atoms with Crippen molar-refractivity contribution in [3.05, 3.63) is 34.9 Å². The van der Waals surface area contributed by atoms with Gasteiger partial charge in [-0.1, -0.05) is 24.1 Å². The normalized spacial score (nSPS) is 17.8. The first kappa shape index (κ1) is 12.1. The first-order chi connectivity index (χ1) is 7.93. The summed E-state index contributed by atoms with van der Waals surface area (Å²) < 4.78 is 0. The largest absolute Gasteiger partial charge is 0.335 e. The summed E-state index contributed by atoms with van der Waals surface area (Å²) in [7, 11) is 0. The number of carbonyl (C=O) groups excluding carboxylic acids is 1. The van der Waals surface area contributed by atoms with Gasteiger partial charge in [-0.15, -0.1) is 0 Å². The Morgan fingerprint density at radius 3 is 2.29 bits per heavy atom. The maximum atomic E-state index is 12.2. The second kappa shape index (κ2) is 4.15. The standard InChI is InChI=1S/C14H20N2O/c1-4-14(15)8-16(9-14)13(17)12-6-10(2)5-11(3)7-12/h5-7H,4,8-9,15H2,1-3H3. The Bertz CT molecular complexity index is 427. The molecule has 0 radical (unpaired) electrons. The quantitative estimate of drug-likeness (QED) is 0.846. The van der Waals surface area contributed by atoms with Crippen LogP contribution in [0, 0.1) is 13.8 Å². The van der Waals surface area contributed by atoms with E-state index in [2.05, 4.69) is 13.0 Å². The van der Waals surface area contributed by atoms with E-state index >= 15 is 0 Å². The highest BCUT2D eigenvalue weighted by atomic mass is 16.2. The second-order valence-electron chi connectivity index (χ2n) is 5.25. The summed E-state index contributed by atoms with van der Waals surface area (Å²) in [6, 6.07) is 5.96. The monoisotopic (exact) mass is 232 g/mol. The molecule has 0 atom stereocenters. The molecule has 0 aromatic heterocycles. The maximum absolute atomic E-state index is 12.2. The zero-order valence-electron chi connectivity index (χ0n) is 10.8. The molecule has 92 valence electrons. The van der Waals surface area contributed by atoms with Gasteiger partial charge >= 0.3 is 0 Å². The van der Waals surface area contributed by atoms with Gasteiger partial charge in [0, 0.05) is 18.7 Å². The van der Waals surface area contributed by atoms with Crippen molar-refractivity contribution in [2.45, 2.75) is 32.7 Å². The van der Waals surface area contributed by atoms with Crippen LogP contribution in [0.5, 0.6) is 0 Å². The highest BCUT2D eigenvalue weighted by Crippen LogP contribution is 2.24. The van der Waals surface area contributed by atoms with Gasteiger partial charge in [0.15, 0.2) is 0 Å². The van der Waals surface area contributed by atoms with Crippen LogP contribution in [-0.4, -0.2) is 29.4 Å². The molecule has 0 bridgehead atoms. The average Bonchev–Trinajstić information content (AvgIpc) is 2.22. The van der Waals surface area contributed by atoms with Crippen LogP contribution in [0.2, 0.25) is 0 Å². The lowest BCUT2D eigenvalue weighted by Crippen LogP contribution is -2.68. The molecule has 1 amide bonds. The van der Waals surface area contributed by atoms with Crippen molar-refractivity contribution in [2.75, 3.05) is 13.1 Å². The second-order valence-corrected chi connectivity index (χ2v) is 5.25. The molecule has 1 aromatic carbocycles. The van der Waals surface area contributed by atoms with Gasteiger partial charge in [-0.3, -0.25) is 4.79 Å². The molecular weight excluding hydrogens is 212 g/mol. The van der Waals surface area contributed by atoms with Crippen LogP contribution < -0.4 is 5.73 Å². The Hall–Kier alpha value is -1.35. The van der Waals surface area contributed by atoms with Gasteiger partial charge in [0.25, 0.3) is 5.91 Å². The number of carbonyl (C=O) groups is 1. The number of hydrogen-bond acceptors (Lipinski definition) is 2. The van der Waals surface area contributed by atoms with Crippen LogP contribution in [-0.2, 0) is 0 Å². The summed E-state index contributed by atoms with van der Waals surface area (Å²) in [6.07, 6.45) is 0.920. The molecule has 0 aliphatic carbocycles. The van der Waals surface area contributed by atoms with Crippen molar-refractivity contribution >= 4 is 5.91 Å². The van der Waals surface area contributed by atoms with E-state index in [0.717, 1.165) is 23.1 Å². The van der Waals surface area contributed by atoms with E-state index in [1.54, 1.807) is 0 Å². The number of rotatable bonds is 2. The van der Waals surface area contributed by atoms with Crippen LogP contribution in [0.25, 0.3) is 0 Å². The highest BCUT2D eigenvalue weighted by Gasteiger charge is 2.40. The summed E-state index contributed by atoms with van der Waals surface area (Å²) in [5, 5.41) is 0. The first-order valence-electron chi connectivity index (χ1n) is 6.10. The number of nitrogens with two attached hydrogens (primary N) is 1. The number of benzene rings is 1. The lowest BCUT2D eigenvalue weighted by atomic mass is 9.87. The SMILES string of the molecule is CCC1(N)CN(C(=O)c2cc(C)cc(C)c2)C1. The first-order valence-corrected chi connectivity index (χ1v) is 6.10. The summed E-state index contributed by atoms with van der Waals surface area (Å²) in [5.41, 5.74) is 8.95. The molecule has 2 rings (SSSR count). The van der Waals surface area contributed by atoms with E-state index in [1.807, 2.05) is 30.9 Å². The Labute approximate surface area is 103 Å². The van der Waals surface area contributed by atoms with Gasteiger partial charge in [-0.25, -0.2) is 0 Å². The zero-order valence-corrected chi connectivity index (χ0v) is 10.8. The fourth-order valence-corrected chi connectivity index (χ4v) is 2.36. The number of amides is 1. The van der Waals surface area contributed by atoms with Crippen molar-refractivity contribution in [2.24, 2.45) is 5.73 Å². The lowest BCUT2D eigenvalue weighted by Gasteiger charge is -2.47. The minimum Gasteiger partial charge on any atom is -0.335 e. The molecule has 1 fully saturated rings. The third kappa shape index (κ3) is 2.34.